The van der Waals surface area contributed by atoms with Crippen molar-refractivity contribution >= 4 is 41.3 Å². The van der Waals surface area contributed by atoms with Crippen LogP contribution in [0.3, 0.4) is 0 Å². The molecule has 0 radical (unpaired) electrons. The minimum absolute atomic E-state index is 0. The number of nitrogens with zero attached hydrogens (tertiary/aromatic N) is 3. The lowest BCUT2D eigenvalue weighted by Gasteiger charge is -2.11. The highest BCUT2D eigenvalue weighted by atomic mass is 127. The van der Waals surface area contributed by atoms with Crippen LogP contribution < -0.4 is 15.4 Å². The Morgan fingerprint density at radius 2 is 2.04 bits per heavy atom. The molecule has 2 heterocycles. The lowest BCUT2D eigenvalue weighted by atomic mass is 10.3. The van der Waals surface area contributed by atoms with Crippen molar-refractivity contribution in [3.05, 3.63) is 39.5 Å². The largest absolute Gasteiger partial charge is 0.468 e. The number of ether oxygens (including phenoxy) is 1. The van der Waals surface area contributed by atoms with Gasteiger partial charge >= 0.3 is 6.18 Å². The van der Waals surface area contributed by atoms with Gasteiger partial charge in [-0.25, -0.2) is 15.0 Å². The Bertz CT molecular complexity index is 782. The summed E-state index contributed by atoms with van der Waals surface area (Å²) in [7, 11) is 0. The third kappa shape index (κ3) is 8.59. The maximum absolute atomic E-state index is 12.2. The van der Waals surface area contributed by atoms with E-state index in [1.807, 2.05) is 20.8 Å². The lowest BCUT2D eigenvalue weighted by Crippen LogP contribution is -2.36. The minimum atomic E-state index is -4.40. The van der Waals surface area contributed by atoms with Crippen molar-refractivity contribution < 1.29 is 17.9 Å². The first-order chi connectivity index (χ1) is 12.8. The predicted octanol–water partition coefficient (Wildman–Crippen LogP) is 3.97. The minimum Gasteiger partial charge on any atom is -0.468 e. The van der Waals surface area contributed by atoms with Crippen molar-refractivity contribution in [2.45, 2.75) is 40.0 Å². The van der Waals surface area contributed by atoms with Crippen molar-refractivity contribution in [1.82, 2.24) is 20.6 Å². The van der Waals surface area contributed by atoms with E-state index in [2.05, 4.69) is 30.3 Å². The molecule has 0 aliphatic heterocycles. The third-order valence-corrected chi connectivity index (χ3v) is 4.44. The molecule has 0 spiro atoms. The molecule has 0 aliphatic rings. The molecule has 2 aromatic heterocycles. The van der Waals surface area contributed by atoms with Crippen LogP contribution in [0.4, 0.5) is 13.2 Å². The van der Waals surface area contributed by atoms with E-state index in [-0.39, 0.29) is 36.4 Å². The molecule has 0 amide bonds. The fourth-order valence-corrected chi connectivity index (χ4v) is 3.07. The summed E-state index contributed by atoms with van der Waals surface area (Å²) in [5.74, 6) is 0.534. The Morgan fingerprint density at radius 3 is 2.64 bits per heavy atom. The van der Waals surface area contributed by atoms with Crippen molar-refractivity contribution in [2.75, 3.05) is 13.2 Å². The molecule has 2 rings (SSSR count). The number of alkyl halides is 3. The molecular formula is C17H23F3IN5OS. The van der Waals surface area contributed by atoms with Gasteiger partial charge in [0.1, 0.15) is 0 Å². The van der Waals surface area contributed by atoms with Gasteiger partial charge in [0.2, 0.25) is 5.88 Å². The number of thiazole rings is 1. The van der Waals surface area contributed by atoms with Crippen LogP contribution in [0.5, 0.6) is 5.88 Å². The molecule has 0 saturated carbocycles. The number of hydrogen-bond acceptors (Lipinski definition) is 5. The molecule has 0 aromatic carbocycles. The molecule has 2 aromatic rings. The van der Waals surface area contributed by atoms with E-state index in [1.165, 1.54) is 12.3 Å². The van der Waals surface area contributed by atoms with Gasteiger partial charge in [0.05, 0.1) is 23.8 Å². The van der Waals surface area contributed by atoms with Gasteiger partial charge < -0.3 is 15.4 Å². The maximum Gasteiger partial charge on any atom is 0.422 e. The van der Waals surface area contributed by atoms with Gasteiger partial charge in [-0.3, -0.25) is 0 Å². The van der Waals surface area contributed by atoms with Gasteiger partial charge in [0, 0.05) is 23.7 Å². The smallest absolute Gasteiger partial charge is 0.422 e. The Kier molecular flexibility index (Phi) is 9.93. The molecule has 6 nitrogen and oxygen atoms in total. The summed E-state index contributed by atoms with van der Waals surface area (Å²) < 4.78 is 41.4. The molecule has 0 saturated heterocycles. The Morgan fingerprint density at radius 1 is 1.29 bits per heavy atom. The molecule has 156 valence electrons. The van der Waals surface area contributed by atoms with Crippen LogP contribution in [-0.4, -0.2) is 35.3 Å². The third-order valence-electron chi connectivity index (χ3n) is 3.36. The van der Waals surface area contributed by atoms with E-state index in [0.29, 0.717) is 24.6 Å². The molecule has 0 aliphatic carbocycles. The van der Waals surface area contributed by atoms with E-state index in [0.717, 1.165) is 15.6 Å². The Hall–Kier alpha value is -1.63. The summed E-state index contributed by atoms with van der Waals surface area (Å²) in [4.78, 5) is 13.8. The van der Waals surface area contributed by atoms with Crippen LogP contribution in [0, 0.1) is 13.8 Å². The summed E-state index contributed by atoms with van der Waals surface area (Å²) in [6.07, 6.45) is -2.99. The van der Waals surface area contributed by atoms with Crippen molar-refractivity contribution in [3.8, 4) is 5.88 Å². The van der Waals surface area contributed by atoms with Gasteiger partial charge in [-0.1, -0.05) is 0 Å². The Balaban J connectivity index is 0.00000392. The standard InChI is InChI=1S/C17H22F3N5OS.HI/c1-4-21-16(24-9-14-11(2)25-12(3)27-14)23-8-13-5-6-22-15(7-13)26-10-17(18,19)20;/h5-7H,4,8-10H2,1-3H3,(H2,21,23,24);1H. The second kappa shape index (κ2) is 11.4. The fourth-order valence-electron chi connectivity index (χ4n) is 2.20. The highest BCUT2D eigenvalue weighted by molar-refractivity contribution is 14.0. The highest BCUT2D eigenvalue weighted by Crippen LogP contribution is 2.18. The number of hydrogen-bond donors (Lipinski definition) is 2. The normalized spacial score (nSPS) is 11.7. The van der Waals surface area contributed by atoms with Gasteiger partial charge in [-0.05, 0) is 32.4 Å². The fraction of sp³-hybridized carbons (Fsp3) is 0.471. The van der Waals surface area contributed by atoms with Crippen LogP contribution in [0.15, 0.2) is 23.3 Å². The van der Waals surface area contributed by atoms with E-state index in [1.54, 1.807) is 17.4 Å². The lowest BCUT2D eigenvalue weighted by molar-refractivity contribution is -0.154. The van der Waals surface area contributed by atoms with Crippen molar-refractivity contribution in [2.24, 2.45) is 4.99 Å². The first kappa shape index (κ1) is 24.4. The average molecular weight is 529 g/mol. The topological polar surface area (TPSA) is 71.4 Å². The molecule has 0 bridgehead atoms. The van der Waals surface area contributed by atoms with Crippen molar-refractivity contribution in [3.63, 3.8) is 0 Å². The zero-order valence-corrected chi connectivity index (χ0v) is 18.9. The number of guanidine groups is 1. The second-order valence-electron chi connectivity index (χ2n) is 5.70. The first-order valence-electron chi connectivity index (χ1n) is 8.36. The molecule has 2 N–H and O–H groups in total. The zero-order chi connectivity index (χ0) is 19.9. The van der Waals surface area contributed by atoms with E-state index in [9.17, 15) is 13.2 Å². The predicted molar refractivity (Wildman–Crippen MR) is 114 cm³/mol. The number of aromatic nitrogens is 2. The van der Waals surface area contributed by atoms with Crippen LogP contribution in [0.2, 0.25) is 0 Å². The van der Waals surface area contributed by atoms with Crippen LogP contribution in [0.25, 0.3) is 0 Å². The van der Waals surface area contributed by atoms with Gasteiger partial charge in [-0.2, -0.15) is 13.2 Å². The van der Waals surface area contributed by atoms with Crippen LogP contribution >= 0.6 is 35.3 Å². The summed E-state index contributed by atoms with van der Waals surface area (Å²) >= 11 is 1.63. The number of halogens is 4. The van der Waals surface area contributed by atoms with E-state index in [4.69, 9.17) is 0 Å². The SMILES string of the molecule is CCNC(=NCc1ccnc(OCC(F)(F)F)c1)NCc1sc(C)nc1C.I. The highest BCUT2D eigenvalue weighted by Gasteiger charge is 2.28. The van der Waals surface area contributed by atoms with Crippen LogP contribution in [-0.2, 0) is 13.1 Å². The van der Waals surface area contributed by atoms with Gasteiger partial charge in [0.25, 0.3) is 0 Å². The quantitative estimate of drug-likeness (QED) is 0.323. The molecule has 28 heavy (non-hydrogen) atoms. The zero-order valence-electron chi connectivity index (χ0n) is 15.8. The molecule has 0 fully saturated rings. The van der Waals surface area contributed by atoms with Crippen LogP contribution in [0.1, 0.15) is 28.1 Å². The van der Waals surface area contributed by atoms with E-state index < -0.39 is 12.8 Å². The summed E-state index contributed by atoms with van der Waals surface area (Å²) in [6, 6.07) is 3.14. The van der Waals surface area contributed by atoms with E-state index >= 15 is 0 Å². The number of nitrogens with one attached hydrogen (secondary N) is 2. The number of pyridine rings is 1. The summed E-state index contributed by atoms with van der Waals surface area (Å²) in [6.45, 7) is 6.06. The maximum atomic E-state index is 12.2. The number of rotatable bonds is 7. The van der Waals surface area contributed by atoms with Gasteiger partial charge in [0.15, 0.2) is 12.6 Å². The summed E-state index contributed by atoms with van der Waals surface area (Å²) in [5, 5.41) is 7.38. The second-order valence-corrected chi connectivity index (χ2v) is 6.98. The number of aryl methyl sites for hydroxylation is 2. The number of aliphatic imine (C=N–C) groups is 1. The first-order valence-corrected chi connectivity index (χ1v) is 9.18. The van der Waals surface area contributed by atoms with Crippen molar-refractivity contribution in [1.29, 1.82) is 0 Å². The van der Waals surface area contributed by atoms with Gasteiger partial charge in [-0.15, -0.1) is 35.3 Å². The average Bonchev–Trinajstić information content (AvgIpc) is 2.93. The molecule has 0 unspecified atom stereocenters. The molecule has 0 atom stereocenters. The molecule has 11 heteroatoms. The Labute approximate surface area is 183 Å². The monoisotopic (exact) mass is 529 g/mol. The molecular weight excluding hydrogens is 506 g/mol. The summed E-state index contributed by atoms with van der Waals surface area (Å²) in [5.41, 5.74) is 1.69.